The van der Waals surface area contributed by atoms with E-state index in [0.717, 1.165) is 39.0 Å². The number of carbonyl (C=O) groups is 1. The van der Waals surface area contributed by atoms with E-state index in [1.54, 1.807) is 19.1 Å². The van der Waals surface area contributed by atoms with Gasteiger partial charge in [-0.2, -0.15) is 0 Å². The normalized spacial score (nSPS) is 21.8. The number of halogens is 1. The summed E-state index contributed by atoms with van der Waals surface area (Å²) in [5.74, 6) is 0.235. The SMILES string of the molecule is CC(Oc1ccc(F)cc1)C(=O)N1CCC2(CCNC2)CC1. The lowest BCUT2D eigenvalue weighted by atomic mass is 9.78. The number of hydrogen-bond acceptors (Lipinski definition) is 3. The molecule has 2 saturated heterocycles. The van der Waals surface area contributed by atoms with Gasteiger partial charge in [0, 0.05) is 19.6 Å². The van der Waals surface area contributed by atoms with E-state index in [-0.39, 0.29) is 11.7 Å². The Labute approximate surface area is 130 Å². The molecule has 1 aromatic rings. The van der Waals surface area contributed by atoms with E-state index in [0.29, 0.717) is 11.2 Å². The van der Waals surface area contributed by atoms with E-state index >= 15 is 0 Å². The first-order valence-electron chi connectivity index (χ1n) is 8.00. The van der Waals surface area contributed by atoms with Crippen LogP contribution < -0.4 is 10.1 Å². The Morgan fingerprint density at radius 3 is 2.55 bits per heavy atom. The Morgan fingerprint density at radius 1 is 1.27 bits per heavy atom. The maximum Gasteiger partial charge on any atom is 0.263 e. The number of benzene rings is 1. The summed E-state index contributed by atoms with van der Waals surface area (Å²) in [4.78, 5) is 14.4. The summed E-state index contributed by atoms with van der Waals surface area (Å²) in [6.45, 7) is 5.54. The van der Waals surface area contributed by atoms with E-state index in [1.165, 1.54) is 18.6 Å². The predicted molar refractivity (Wildman–Crippen MR) is 82.2 cm³/mol. The molecule has 1 aromatic carbocycles. The topological polar surface area (TPSA) is 41.6 Å². The molecule has 0 bridgehead atoms. The first-order valence-corrected chi connectivity index (χ1v) is 8.00. The zero-order valence-electron chi connectivity index (χ0n) is 13.0. The fraction of sp³-hybridized carbons (Fsp3) is 0.588. The van der Waals surface area contributed by atoms with Crippen LogP contribution in [-0.4, -0.2) is 43.1 Å². The molecular weight excluding hydrogens is 283 g/mol. The summed E-state index contributed by atoms with van der Waals surface area (Å²) in [5.41, 5.74) is 0.401. The van der Waals surface area contributed by atoms with Gasteiger partial charge in [-0.3, -0.25) is 4.79 Å². The fourth-order valence-electron chi connectivity index (χ4n) is 3.45. The van der Waals surface area contributed by atoms with Gasteiger partial charge in [0.25, 0.3) is 5.91 Å². The van der Waals surface area contributed by atoms with Gasteiger partial charge in [-0.25, -0.2) is 4.39 Å². The van der Waals surface area contributed by atoms with Gasteiger partial charge in [0.05, 0.1) is 0 Å². The second kappa shape index (κ2) is 6.24. The van der Waals surface area contributed by atoms with Crippen LogP contribution in [0.4, 0.5) is 4.39 Å². The maximum atomic E-state index is 12.9. The molecule has 1 spiro atoms. The molecule has 1 atom stereocenters. The minimum Gasteiger partial charge on any atom is -0.481 e. The summed E-state index contributed by atoms with van der Waals surface area (Å²) >= 11 is 0. The van der Waals surface area contributed by atoms with Gasteiger partial charge >= 0.3 is 0 Å². The van der Waals surface area contributed by atoms with Crippen LogP contribution in [0.15, 0.2) is 24.3 Å². The van der Waals surface area contributed by atoms with Crippen molar-refractivity contribution in [2.45, 2.75) is 32.3 Å². The Balaban J connectivity index is 1.54. The molecule has 2 fully saturated rings. The van der Waals surface area contributed by atoms with Crippen LogP contribution in [0, 0.1) is 11.2 Å². The first-order chi connectivity index (χ1) is 10.6. The molecule has 4 nitrogen and oxygen atoms in total. The zero-order chi connectivity index (χ0) is 15.6. The van der Waals surface area contributed by atoms with E-state index < -0.39 is 6.10 Å². The summed E-state index contributed by atoms with van der Waals surface area (Å²) in [6.07, 6.45) is 2.81. The fourth-order valence-corrected chi connectivity index (χ4v) is 3.45. The Bertz CT molecular complexity index is 516. The Morgan fingerprint density at radius 2 is 1.95 bits per heavy atom. The highest BCUT2D eigenvalue weighted by molar-refractivity contribution is 5.81. The van der Waals surface area contributed by atoms with Crippen LogP contribution in [-0.2, 0) is 4.79 Å². The number of rotatable bonds is 3. The number of nitrogens with zero attached hydrogens (tertiary/aromatic N) is 1. The van der Waals surface area contributed by atoms with Gasteiger partial charge < -0.3 is 15.0 Å². The molecule has 120 valence electrons. The average molecular weight is 306 g/mol. The molecule has 0 aromatic heterocycles. The van der Waals surface area contributed by atoms with Crippen molar-refractivity contribution >= 4 is 5.91 Å². The molecule has 1 amide bonds. The van der Waals surface area contributed by atoms with Crippen LogP contribution in [0.1, 0.15) is 26.2 Å². The molecule has 5 heteroatoms. The van der Waals surface area contributed by atoms with Gasteiger partial charge in [-0.05, 0) is 62.4 Å². The van der Waals surface area contributed by atoms with Crippen molar-refractivity contribution in [1.82, 2.24) is 10.2 Å². The minimum absolute atomic E-state index is 0.0186. The van der Waals surface area contributed by atoms with Crippen molar-refractivity contribution in [3.05, 3.63) is 30.1 Å². The second-order valence-electron chi connectivity index (χ2n) is 6.47. The maximum absolute atomic E-state index is 12.9. The highest BCUT2D eigenvalue weighted by Gasteiger charge is 2.38. The third-order valence-electron chi connectivity index (χ3n) is 4.94. The lowest BCUT2D eigenvalue weighted by Gasteiger charge is -2.39. The van der Waals surface area contributed by atoms with Gasteiger partial charge in [0.15, 0.2) is 6.10 Å². The molecule has 3 rings (SSSR count). The van der Waals surface area contributed by atoms with Crippen LogP contribution in [0.25, 0.3) is 0 Å². The van der Waals surface area contributed by atoms with Crippen LogP contribution in [0.3, 0.4) is 0 Å². The van der Waals surface area contributed by atoms with Crippen LogP contribution >= 0.6 is 0 Å². The van der Waals surface area contributed by atoms with Gasteiger partial charge in [-0.1, -0.05) is 0 Å². The molecule has 0 saturated carbocycles. The largest absolute Gasteiger partial charge is 0.481 e. The smallest absolute Gasteiger partial charge is 0.263 e. The van der Waals surface area contributed by atoms with Crippen molar-refractivity contribution in [3.8, 4) is 5.75 Å². The average Bonchev–Trinajstić information content (AvgIpc) is 2.98. The minimum atomic E-state index is -0.541. The lowest BCUT2D eigenvalue weighted by Crippen LogP contribution is -2.48. The number of nitrogens with one attached hydrogen (secondary N) is 1. The first kappa shape index (κ1) is 15.3. The Hall–Kier alpha value is -1.62. The zero-order valence-corrected chi connectivity index (χ0v) is 13.0. The summed E-state index contributed by atoms with van der Waals surface area (Å²) in [5, 5.41) is 3.43. The van der Waals surface area contributed by atoms with Gasteiger partial charge in [-0.15, -0.1) is 0 Å². The van der Waals surface area contributed by atoms with Crippen molar-refractivity contribution in [2.75, 3.05) is 26.2 Å². The van der Waals surface area contributed by atoms with Crippen LogP contribution in [0.5, 0.6) is 5.75 Å². The monoisotopic (exact) mass is 306 g/mol. The quantitative estimate of drug-likeness (QED) is 0.931. The molecule has 0 aliphatic carbocycles. The summed E-state index contributed by atoms with van der Waals surface area (Å²) in [7, 11) is 0. The number of amides is 1. The molecule has 0 radical (unpaired) electrons. The second-order valence-corrected chi connectivity index (χ2v) is 6.47. The molecule has 22 heavy (non-hydrogen) atoms. The molecule has 1 unspecified atom stereocenters. The van der Waals surface area contributed by atoms with Crippen molar-refractivity contribution in [1.29, 1.82) is 0 Å². The molecular formula is C17H23FN2O2. The van der Waals surface area contributed by atoms with E-state index in [9.17, 15) is 9.18 Å². The molecule has 1 N–H and O–H groups in total. The number of ether oxygens (including phenoxy) is 1. The van der Waals surface area contributed by atoms with E-state index in [2.05, 4.69) is 5.32 Å². The van der Waals surface area contributed by atoms with E-state index in [1.807, 2.05) is 4.90 Å². The Kier molecular flexibility index (Phi) is 4.34. The van der Waals surface area contributed by atoms with Gasteiger partial charge in [0.2, 0.25) is 0 Å². The highest BCUT2D eigenvalue weighted by atomic mass is 19.1. The number of likely N-dealkylation sites (tertiary alicyclic amines) is 1. The number of piperidine rings is 1. The molecule has 2 aliphatic heterocycles. The third-order valence-corrected chi connectivity index (χ3v) is 4.94. The molecule has 2 aliphatic rings. The summed E-state index contributed by atoms with van der Waals surface area (Å²) in [6, 6.07) is 5.78. The number of carbonyl (C=O) groups excluding carboxylic acids is 1. The number of hydrogen-bond donors (Lipinski definition) is 1. The van der Waals surface area contributed by atoms with Crippen molar-refractivity contribution in [3.63, 3.8) is 0 Å². The van der Waals surface area contributed by atoms with Crippen LogP contribution in [0.2, 0.25) is 0 Å². The summed E-state index contributed by atoms with van der Waals surface area (Å²) < 4.78 is 18.5. The van der Waals surface area contributed by atoms with Crippen molar-refractivity contribution in [2.24, 2.45) is 5.41 Å². The van der Waals surface area contributed by atoms with Crippen molar-refractivity contribution < 1.29 is 13.9 Å². The predicted octanol–water partition coefficient (Wildman–Crippen LogP) is 2.20. The van der Waals surface area contributed by atoms with Gasteiger partial charge in [0.1, 0.15) is 11.6 Å². The molecule has 2 heterocycles. The highest BCUT2D eigenvalue weighted by Crippen LogP contribution is 2.37. The standard InChI is InChI=1S/C17H23FN2O2/c1-13(22-15-4-2-14(18)3-5-15)16(21)20-10-7-17(8-11-20)6-9-19-12-17/h2-5,13,19H,6-12H2,1H3. The van der Waals surface area contributed by atoms with E-state index in [4.69, 9.17) is 4.74 Å². The lowest BCUT2D eigenvalue weighted by molar-refractivity contribution is -0.140. The third kappa shape index (κ3) is 3.24.